The minimum atomic E-state index is -0.303. The second kappa shape index (κ2) is 4.41. The summed E-state index contributed by atoms with van der Waals surface area (Å²) in [4.78, 5) is 26.7. The van der Waals surface area contributed by atoms with Crippen LogP contribution in [0.5, 0.6) is 0 Å². The molecule has 1 saturated carbocycles. The first-order chi connectivity index (χ1) is 6.56. The zero-order chi connectivity index (χ0) is 10.7. The molecule has 5 nitrogen and oxygen atoms in total. The number of nitrogens with zero attached hydrogens (tertiary/aromatic N) is 1. The molecule has 1 aliphatic carbocycles. The van der Waals surface area contributed by atoms with E-state index in [1.165, 1.54) is 19.1 Å². The quantitative estimate of drug-likeness (QED) is 0.482. The van der Waals surface area contributed by atoms with Crippen molar-refractivity contribution in [3.05, 3.63) is 0 Å². The monoisotopic (exact) mass is 201 g/mol. The molecule has 80 valence electrons. The van der Waals surface area contributed by atoms with Crippen LogP contribution in [0.3, 0.4) is 0 Å². The van der Waals surface area contributed by atoms with E-state index in [9.17, 15) is 9.59 Å². The fourth-order valence-electron chi connectivity index (χ4n) is 1.28. The zero-order valence-electron chi connectivity index (χ0n) is 8.65. The van der Waals surface area contributed by atoms with E-state index in [1.807, 2.05) is 0 Å². The number of rotatable bonds is 4. The molecule has 1 aliphatic rings. The van der Waals surface area contributed by atoms with E-state index >= 15 is 0 Å². The standard InChI is InChI=1S/C9H15NO4/c1-6(11)14-5-7-4-8(7)9(12)10(2)13-3/h7-8H,4-5H2,1-3H3/t7-,8+/m1/s1. The minimum Gasteiger partial charge on any atom is -0.466 e. The van der Waals surface area contributed by atoms with Crippen LogP contribution in [0.15, 0.2) is 0 Å². The number of amides is 1. The number of carbonyl (C=O) groups is 2. The summed E-state index contributed by atoms with van der Waals surface area (Å²) in [6, 6.07) is 0. The summed E-state index contributed by atoms with van der Waals surface area (Å²) in [6.07, 6.45) is 0.778. The molecule has 5 heteroatoms. The van der Waals surface area contributed by atoms with Gasteiger partial charge in [0.25, 0.3) is 0 Å². The van der Waals surface area contributed by atoms with Gasteiger partial charge in [-0.15, -0.1) is 0 Å². The molecule has 0 radical (unpaired) electrons. The molecule has 0 saturated heterocycles. The van der Waals surface area contributed by atoms with Crippen molar-refractivity contribution in [1.29, 1.82) is 0 Å². The van der Waals surface area contributed by atoms with E-state index in [2.05, 4.69) is 0 Å². The lowest BCUT2D eigenvalue weighted by atomic mass is 10.3. The van der Waals surface area contributed by atoms with Gasteiger partial charge in [0.15, 0.2) is 0 Å². The molecule has 0 aliphatic heterocycles. The summed E-state index contributed by atoms with van der Waals surface area (Å²) in [5.74, 6) is -0.226. The third-order valence-corrected chi connectivity index (χ3v) is 2.32. The Kier molecular flexibility index (Phi) is 3.46. The number of hydrogen-bond donors (Lipinski definition) is 0. The Morgan fingerprint density at radius 2 is 2.14 bits per heavy atom. The van der Waals surface area contributed by atoms with Crippen molar-refractivity contribution >= 4 is 11.9 Å². The van der Waals surface area contributed by atoms with Gasteiger partial charge in [0.05, 0.1) is 13.7 Å². The number of carbonyl (C=O) groups excluding carboxylic acids is 2. The van der Waals surface area contributed by atoms with Crippen LogP contribution in [-0.2, 0) is 19.2 Å². The van der Waals surface area contributed by atoms with Gasteiger partial charge in [-0.3, -0.25) is 14.4 Å². The lowest BCUT2D eigenvalue weighted by Crippen LogP contribution is -2.27. The van der Waals surface area contributed by atoms with Crippen LogP contribution < -0.4 is 0 Å². The molecule has 2 atom stereocenters. The SMILES string of the molecule is CON(C)C(=O)[C@H]1C[C@@H]1COC(C)=O. The van der Waals surface area contributed by atoms with Crippen LogP contribution >= 0.6 is 0 Å². The maximum Gasteiger partial charge on any atom is 0.302 e. The average Bonchev–Trinajstić information content (AvgIpc) is 2.91. The fourth-order valence-corrected chi connectivity index (χ4v) is 1.28. The Hall–Kier alpha value is -1.10. The molecule has 0 N–H and O–H groups in total. The van der Waals surface area contributed by atoms with Gasteiger partial charge in [-0.25, -0.2) is 5.06 Å². The first-order valence-electron chi connectivity index (χ1n) is 4.51. The predicted molar refractivity (Wildman–Crippen MR) is 48.0 cm³/mol. The Balaban J connectivity index is 2.25. The van der Waals surface area contributed by atoms with Crippen molar-refractivity contribution in [2.75, 3.05) is 20.8 Å². The number of esters is 1. The second-order valence-electron chi connectivity index (χ2n) is 3.42. The van der Waals surface area contributed by atoms with E-state index in [-0.39, 0.29) is 23.7 Å². The van der Waals surface area contributed by atoms with Crippen molar-refractivity contribution in [3.8, 4) is 0 Å². The van der Waals surface area contributed by atoms with Crippen LogP contribution in [0, 0.1) is 11.8 Å². The summed E-state index contributed by atoms with van der Waals surface area (Å²) in [6.45, 7) is 1.70. The molecule has 0 aromatic rings. The third kappa shape index (κ3) is 2.70. The maximum absolute atomic E-state index is 11.5. The summed E-state index contributed by atoms with van der Waals surface area (Å²) < 4.78 is 4.81. The smallest absolute Gasteiger partial charge is 0.302 e. The first-order valence-corrected chi connectivity index (χ1v) is 4.51. The van der Waals surface area contributed by atoms with Crippen molar-refractivity contribution in [2.24, 2.45) is 11.8 Å². The van der Waals surface area contributed by atoms with Gasteiger partial charge in [-0.05, 0) is 6.42 Å². The molecular weight excluding hydrogens is 186 g/mol. The highest BCUT2D eigenvalue weighted by Gasteiger charge is 2.45. The van der Waals surface area contributed by atoms with Gasteiger partial charge in [0.2, 0.25) is 5.91 Å². The fraction of sp³-hybridized carbons (Fsp3) is 0.778. The highest BCUT2D eigenvalue weighted by molar-refractivity contribution is 5.80. The Morgan fingerprint density at radius 3 is 2.64 bits per heavy atom. The molecule has 0 unspecified atom stereocenters. The van der Waals surface area contributed by atoms with Gasteiger partial charge in [-0.2, -0.15) is 0 Å². The molecule has 1 amide bonds. The van der Waals surface area contributed by atoms with Crippen molar-refractivity contribution in [3.63, 3.8) is 0 Å². The lowest BCUT2D eigenvalue weighted by Gasteiger charge is -2.13. The van der Waals surface area contributed by atoms with Gasteiger partial charge < -0.3 is 4.74 Å². The van der Waals surface area contributed by atoms with Crippen LogP contribution in [0.4, 0.5) is 0 Å². The zero-order valence-corrected chi connectivity index (χ0v) is 8.65. The first kappa shape index (κ1) is 11.0. The molecule has 0 heterocycles. The lowest BCUT2D eigenvalue weighted by molar-refractivity contribution is -0.170. The Bertz CT molecular complexity index is 241. The molecule has 14 heavy (non-hydrogen) atoms. The van der Waals surface area contributed by atoms with Crippen molar-refractivity contribution in [2.45, 2.75) is 13.3 Å². The topological polar surface area (TPSA) is 55.8 Å². The van der Waals surface area contributed by atoms with E-state index in [4.69, 9.17) is 9.57 Å². The number of hydrogen-bond acceptors (Lipinski definition) is 4. The van der Waals surface area contributed by atoms with Gasteiger partial charge in [-0.1, -0.05) is 0 Å². The van der Waals surface area contributed by atoms with E-state index < -0.39 is 0 Å². The van der Waals surface area contributed by atoms with E-state index in [1.54, 1.807) is 7.05 Å². The third-order valence-electron chi connectivity index (χ3n) is 2.32. The molecular formula is C9H15NO4. The normalized spacial score (nSPS) is 24.2. The maximum atomic E-state index is 11.5. The summed E-state index contributed by atoms with van der Waals surface area (Å²) in [5.41, 5.74) is 0. The second-order valence-corrected chi connectivity index (χ2v) is 3.42. The molecule has 0 bridgehead atoms. The highest BCUT2D eigenvalue weighted by Crippen LogP contribution is 2.39. The molecule has 0 aromatic carbocycles. The van der Waals surface area contributed by atoms with E-state index in [0.29, 0.717) is 6.61 Å². The highest BCUT2D eigenvalue weighted by atomic mass is 16.7. The molecule has 0 aromatic heterocycles. The Labute approximate surface area is 82.9 Å². The van der Waals surface area contributed by atoms with Crippen molar-refractivity contribution in [1.82, 2.24) is 5.06 Å². The molecule has 1 fully saturated rings. The average molecular weight is 201 g/mol. The van der Waals surface area contributed by atoms with E-state index in [0.717, 1.165) is 6.42 Å². The minimum absolute atomic E-state index is 0.0423. The molecule has 0 spiro atoms. The van der Waals surface area contributed by atoms with Gasteiger partial charge >= 0.3 is 5.97 Å². The molecule has 1 rings (SSSR count). The van der Waals surface area contributed by atoms with Crippen LogP contribution in [0.1, 0.15) is 13.3 Å². The largest absolute Gasteiger partial charge is 0.466 e. The van der Waals surface area contributed by atoms with Gasteiger partial charge in [0.1, 0.15) is 0 Å². The number of ether oxygens (including phenoxy) is 1. The Morgan fingerprint density at radius 1 is 1.50 bits per heavy atom. The van der Waals surface area contributed by atoms with Crippen molar-refractivity contribution < 1.29 is 19.2 Å². The summed E-state index contributed by atoms with van der Waals surface area (Å²) >= 11 is 0. The predicted octanol–water partition coefficient (Wildman–Crippen LogP) is 0.205. The van der Waals surface area contributed by atoms with Gasteiger partial charge in [0, 0.05) is 25.8 Å². The van der Waals surface area contributed by atoms with Crippen LogP contribution in [0.2, 0.25) is 0 Å². The summed E-state index contributed by atoms with van der Waals surface area (Å²) in [7, 11) is 3.02. The number of hydroxylamine groups is 2. The summed E-state index contributed by atoms with van der Waals surface area (Å²) in [5, 5.41) is 1.21. The van der Waals surface area contributed by atoms with Crippen LogP contribution in [0.25, 0.3) is 0 Å². The van der Waals surface area contributed by atoms with Crippen LogP contribution in [-0.4, -0.2) is 37.7 Å².